The minimum absolute atomic E-state index is 0.211. The highest BCUT2D eigenvalue weighted by Gasteiger charge is 2.15. The quantitative estimate of drug-likeness (QED) is 0.591. The fourth-order valence-corrected chi connectivity index (χ4v) is 2.83. The van der Waals surface area contributed by atoms with Crippen molar-refractivity contribution in [2.24, 2.45) is 0 Å². The largest absolute Gasteiger partial charge is 0.497 e. The minimum Gasteiger partial charge on any atom is -0.497 e. The Hall–Kier alpha value is -3.28. The molecular weight excluding hydrogens is 356 g/mol. The fourth-order valence-electron chi connectivity index (χ4n) is 2.83. The van der Waals surface area contributed by atoms with Crippen molar-refractivity contribution in [3.63, 3.8) is 0 Å². The van der Waals surface area contributed by atoms with E-state index in [2.05, 4.69) is 4.98 Å². The summed E-state index contributed by atoms with van der Waals surface area (Å²) < 4.78 is 15.7. The number of hydrogen-bond acceptors (Lipinski definition) is 5. The monoisotopic (exact) mass is 380 g/mol. The molecule has 0 amide bonds. The van der Waals surface area contributed by atoms with Crippen molar-refractivity contribution < 1.29 is 19.0 Å². The second-order valence-electron chi connectivity index (χ2n) is 6.19. The second kappa shape index (κ2) is 9.08. The van der Waals surface area contributed by atoms with Crippen molar-refractivity contribution in [3.8, 4) is 34.0 Å². The molecule has 0 atom stereocenters. The number of H-pyrrole nitrogens is 1. The van der Waals surface area contributed by atoms with Gasteiger partial charge in [0, 0.05) is 24.0 Å². The zero-order valence-corrected chi connectivity index (χ0v) is 16.3. The Morgan fingerprint density at radius 3 is 2.04 bits per heavy atom. The van der Waals surface area contributed by atoms with Crippen LogP contribution in [-0.2, 0) is 16.0 Å². The summed E-state index contributed by atoms with van der Waals surface area (Å²) in [6, 6.07) is 15.6. The number of esters is 1. The van der Waals surface area contributed by atoms with Crippen molar-refractivity contribution >= 4 is 5.97 Å². The molecule has 0 saturated carbocycles. The Kier molecular flexibility index (Phi) is 6.32. The number of aromatic nitrogens is 2. The van der Waals surface area contributed by atoms with Gasteiger partial charge in [-0.15, -0.1) is 0 Å². The Morgan fingerprint density at radius 1 is 0.929 bits per heavy atom. The number of nitrogens with one attached hydrogen (secondary N) is 1. The van der Waals surface area contributed by atoms with E-state index in [1.165, 1.54) is 0 Å². The molecule has 0 aliphatic rings. The molecule has 3 aromatic rings. The molecule has 0 bridgehead atoms. The molecule has 1 aromatic heterocycles. The number of benzene rings is 2. The van der Waals surface area contributed by atoms with Crippen LogP contribution in [0.1, 0.15) is 19.2 Å². The zero-order chi connectivity index (χ0) is 19.9. The summed E-state index contributed by atoms with van der Waals surface area (Å²) in [5.74, 6) is 2.13. The highest BCUT2D eigenvalue weighted by atomic mass is 16.5. The lowest BCUT2D eigenvalue weighted by atomic mass is 10.0. The Morgan fingerprint density at radius 2 is 1.50 bits per heavy atom. The topological polar surface area (TPSA) is 73.4 Å². The Labute approximate surface area is 164 Å². The summed E-state index contributed by atoms with van der Waals surface area (Å²) in [7, 11) is 3.28. The molecule has 6 nitrogen and oxygen atoms in total. The van der Waals surface area contributed by atoms with Crippen LogP contribution in [0.15, 0.2) is 48.5 Å². The smallest absolute Gasteiger partial charge is 0.305 e. The highest BCUT2D eigenvalue weighted by molar-refractivity contribution is 5.79. The van der Waals surface area contributed by atoms with Crippen LogP contribution in [0.4, 0.5) is 0 Å². The summed E-state index contributed by atoms with van der Waals surface area (Å²) in [5.41, 5.74) is 3.71. The SMILES string of the molecule is CCC(=O)OCCc1nc(-c2ccc(OC)cc2)c(-c2ccc(OC)cc2)[nH]1. The molecule has 1 N–H and O–H groups in total. The number of imidazole rings is 1. The van der Waals surface area contributed by atoms with Crippen molar-refractivity contribution in [1.29, 1.82) is 0 Å². The van der Waals surface area contributed by atoms with Gasteiger partial charge >= 0.3 is 5.97 Å². The van der Waals surface area contributed by atoms with Crippen LogP contribution in [-0.4, -0.2) is 36.8 Å². The van der Waals surface area contributed by atoms with Gasteiger partial charge in [-0.3, -0.25) is 4.79 Å². The first kappa shape index (κ1) is 19.5. The van der Waals surface area contributed by atoms with E-state index in [0.717, 1.165) is 39.8 Å². The molecule has 3 rings (SSSR count). The predicted octanol–water partition coefficient (Wildman–Crippen LogP) is 4.26. The van der Waals surface area contributed by atoms with E-state index in [0.29, 0.717) is 19.4 Å². The van der Waals surface area contributed by atoms with Crippen LogP contribution >= 0.6 is 0 Å². The zero-order valence-electron chi connectivity index (χ0n) is 16.3. The van der Waals surface area contributed by atoms with Gasteiger partial charge in [0.2, 0.25) is 0 Å². The average molecular weight is 380 g/mol. The third kappa shape index (κ3) is 4.52. The summed E-state index contributed by atoms with van der Waals surface area (Å²) >= 11 is 0. The van der Waals surface area contributed by atoms with Crippen molar-refractivity contribution in [2.75, 3.05) is 20.8 Å². The molecule has 0 unspecified atom stereocenters. The van der Waals surface area contributed by atoms with Crippen LogP contribution in [0.5, 0.6) is 11.5 Å². The van der Waals surface area contributed by atoms with E-state index in [1.807, 2.05) is 48.5 Å². The third-order valence-corrected chi connectivity index (χ3v) is 4.39. The third-order valence-electron chi connectivity index (χ3n) is 4.39. The van der Waals surface area contributed by atoms with Gasteiger partial charge < -0.3 is 19.2 Å². The normalized spacial score (nSPS) is 10.5. The Bertz CT molecular complexity index is 850. The van der Waals surface area contributed by atoms with Crippen LogP contribution in [0, 0.1) is 0 Å². The van der Waals surface area contributed by atoms with E-state index in [-0.39, 0.29) is 5.97 Å². The van der Waals surface area contributed by atoms with E-state index >= 15 is 0 Å². The van der Waals surface area contributed by atoms with Crippen LogP contribution in [0.2, 0.25) is 0 Å². The maximum Gasteiger partial charge on any atom is 0.305 e. The van der Waals surface area contributed by atoms with Crippen LogP contribution in [0.25, 0.3) is 22.5 Å². The second-order valence-corrected chi connectivity index (χ2v) is 6.19. The van der Waals surface area contributed by atoms with Crippen LogP contribution in [0.3, 0.4) is 0 Å². The van der Waals surface area contributed by atoms with Gasteiger partial charge in [0.1, 0.15) is 17.3 Å². The van der Waals surface area contributed by atoms with Gasteiger partial charge in [0.25, 0.3) is 0 Å². The van der Waals surface area contributed by atoms with E-state index in [4.69, 9.17) is 19.2 Å². The molecule has 0 radical (unpaired) electrons. The van der Waals surface area contributed by atoms with Crippen molar-refractivity contribution in [1.82, 2.24) is 9.97 Å². The van der Waals surface area contributed by atoms with Gasteiger partial charge in [-0.2, -0.15) is 0 Å². The number of hydrogen-bond donors (Lipinski definition) is 1. The van der Waals surface area contributed by atoms with E-state index in [9.17, 15) is 4.79 Å². The maximum atomic E-state index is 11.4. The number of aromatic amines is 1. The molecule has 6 heteroatoms. The number of methoxy groups -OCH3 is 2. The first-order chi connectivity index (χ1) is 13.6. The molecule has 0 saturated heterocycles. The minimum atomic E-state index is -0.211. The predicted molar refractivity (Wildman–Crippen MR) is 108 cm³/mol. The van der Waals surface area contributed by atoms with Gasteiger partial charge in [0.15, 0.2) is 0 Å². The Balaban J connectivity index is 1.93. The maximum absolute atomic E-state index is 11.4. The van der Waals surface area contributed by atoms with Gasteiger partial charge in [-0.05, 0) is 48.5 Å². The molecule has 2 aromatic carbocycles. The summed E-state index contributed by atoms with van der Waals surface area (Å²) in [6.45, 7) is 2.07. The van der Waals surface area contributed by atoms with E-state index < -0.39 is 0 Å². The lowest BCUT2D eigenvalue weighted by Gasteiger charge is -2.06. The lowest BCUT2D eigenvalue weighted by molar-refractivity contribution is -0.143. The first-order valence-corrected chi connectivity index (χ1v) is 9.18. The average Bonchev–Trinajstić information content (AvgIpc) is 3.17. The molecule has 0 spiro atoms. The fraction of sp³-hybridized carbons (Fsp3) is 0.273. The molecule has 0 fully saturated rings. The summed E-state index contributed by atoms with van der Waals surface area (Å²) in [4.78, 5) is 19.5. The van der Waals surface area contributed by atoms with Gasteiger partial charge in [0.05, 0.1) is 32.2 Å². The number of ether oxygens (including phenoxy) is 3. The lowest BCUT2D eigenvalue weighted by Crippen LogP contribution is -2.06. The summed E-state index contributed by atoms with van der Waals surface area (Å²) in [5, 5.41) is 0. The molecular formula is C22H24N2O4. The van der Waals surface area contributed by atoms with Crippen molar-refractivity contribution in [2.45, 2.75) is 19.8 Å². The summed E-state index contributed by atoms with van der Waals surface area (Å²) in [6.07, 6.45) is 0.886. The van der Waals surface area contributed by atoms with E-state index in [1.54, 1.807) is 21.1 Å². The van der Waals surface area contributed by atoms with Gasteiger partial charge in [-0.25, -0.2) is 4.98 Å². The highest BCUT2D eigenvalue weighted by Crippen LogP contribution is 2.32. The van der Waals surface area contributed by atoms with Crippen molar-refractivity contribution in [3.05, 3.63) is 54.4 Å². The molecule has 28 heavy (non-hydrogen) atoms. The number of carbonyl (C=O) groups excluding carboxylic acids is 1. The van der Waals surface area contributed by atoms with Gasteiger partial charge in [-0.1, -0.05) is 6.92 Å². The number of carbonyl (C=O) groups is 1. The molecule has 146 valence electrons. The molecule has 0 aliphatic carbocycles. The number of rotatable bonds is 8. The molecule has 0 aliphatic heterocycles. The standard InChI is InChI=1S/C22H24N2O4/c1-4-20(25)28-14-13-19-23-21(15-5-9-17(26-2)10-6-15)22(24-19)16-7-11-18(27-3)12-8-16/h5-12H,4,13-14H2,1-3H3,(H,23,24). The molecule has 1 heterocycles. The first-order valence-electron chi connectivity index (χ1n) is 9.18. The number of nitrogens with zero attached hydrogens (tertiary/aromatic N) is 1. The van der Waals surface area contributed by atoms with Crippen LogP contribution < -0.4 is 9.47 Å².